The van der Waals surface area contributed by atoms with E-state index in [0.29, 0.717) is 11.4 Å². The quantitative estimate of drug-likeness (QED) is 0.686. The third-order valence-corrected chi connectivity index (χ3v) is 4.83. The lowest BCUT2D eigenvalue weighted by Gasteiger charge is -2.17. The second kappa shape index (κ2) is 9.64. The Labute approximate surface area is 182 Å². The standard InChI is InChI=1S/C24H28N2O5/c1-15(2)31-21-7-5-20(6-8-21)26-13-18(12-23(26)28)24(29)30-14-22(27)25-19-10-16(3)9-17(4)11-19/h5-11,15,18H,12-14H2,1-4H3,(H,25,27)/t18-/m1/s1. The molecule has 2 aromatic rings. The Kier molecular flexibility index (Phi) is 6.95. The number of hydrogen-bond donors (Lipinski definition) is 1. The van der Waals surface area contributed by atoms with Gasteiger partial charge in [0.1, 0.15) is 5.75 Å². The van der Waals surface area contributed by atoms with Crippen molar-refractivity contribution in [2.24, 2.45) is 5.92 Å². The summed E-state index contributed by atoms with van der Waals surface area (Å²) in [5.41, 5.74) is 3.41. The number of ether oxygens (including phenoxy) is 2. The molecule has 1 N–H and O–H groups in total. The number of amides is 2. The van der Waals surface area contributed by atoms with Crippen LogP contribution in [0.15, 0.2) is 42.5 Å². The lowest BCUT2D eigenvalue weighted by Crippen LogP contribution is -2.28. The zero-order chi connectivity index (χ0) is 22.5. The summed E-state index contributed by atoms with van der Waals surface area (Å²) in [6.45, 7) is 7.60. The first kappa shape index (κ1) is 22.3. The van der Waals surface area contributed by atoms with Crippen molar-refractivity contribution in [1.82, 2.24) is 0 Å². The molecule has 7 nitrogen and oxygen atoms in total. The molecule has 0 aliphatic carbocycles. The van der Waals surface area contributed by atoms with E-state index in [2.05, 4.69) is 5.32 Å². The number of esters is 1. The lowest BCUT2D eigenvalue weighted by atomic mass is 10.1. The van der Waals surface area contributed by atoms with Gasteiger partial charge in [0.05, 0.1) is 12.0 Å². The van der Waals surface area contributed by atoms with Crippen molar-refractivity contribution in [2.45, 2.75) is 40.2 Å². The molecule has 1 heterocycles. The van der Waals surface area contributed by atoms with Crippen molar-refractivity contribution in [3.05, 3.63) is 53.6 Å². The molecule has 0 aromatic heterocycles. The van der Waals surface area contributed by atoms with Crippen LogP contribution in [0.2, 0.25) is 0 Å². The molecule has 0 spiro atoms. The molecule has 1 atom stereocenters. The van der Waals surface area contributed by atoms with Gasteiger partial charge in [-0.2, -0.15) is 0 Å². The van der Waals surface area contributed by atoms with E-state index in [0.717, 1.165) is 16.9 Å². The summed E-state index contributed by atoms with van der Waals surface area (Å²) in [5, 5.41) is 2.73. The van der Waals surface area contributed by atoms with E-state index in [1.54, 1.807) is 29.2 Å². The van der Waals surface area contributed by atoms with Gasteiger partial charge in [-0.25, -0.2) is 0 Å². The molecular weight excluding hydrogens is 396 g/mol. The van der Waals surface area contributed by atoms with Crippen molar-refractivity contribution in [3.63, 3.8) is 0 Å². The minimum absolute atomic E-state index is 0.0573. The second-order valence-electron chi connectivity index (χ2n) is 8.10. The molecule has 0 radical (unpaired) electrons. The number of nitrogens with one attached hydrogen (secondary N) is 1. The Bertz CT molecular complexity index is 948. The lowest BCUT2D eigenvalue weighted by molar-refractivity contribution is -0.151. The SMILES string of the molecule is Cc1cc(C)cc(NC(=O)COC(=O)[C@@H]2CC(=O)N(c3ccc(OC(C)C)cc3)C2)c1. The normalized spacial score (nSPS) is 15.8. The summed E-state index contributed by atoms with van der Waals surface area (Å²) >= 11 is 0. The zero-order valence-corrected chi connectivity index (χ0v) is 18.3. The van der Waals surface area contributed by atoms with Crippen LogP contribution in [0, 0.1) is 19.8 Å². The molecule has 2 aromatic carbocycles. The molecule has 1 fully saturated rings. The molecule has 3 rings (SSSR count). The molecule has 1 aliphatic heterocycles. The van der Waals surface area contributed by atoms with E-state index in [-0.39, 0.29) is 25.0 Å². The number of rotatable bonds is 7. The van der Waals surface area contributed by atoms with Crippen LogP contribution in [-0.2, 0) is 19.1 Å². The highest BCUT2D eigenvalue weighted by Gasteiger charge is 2.36. The van der Waals surface area contributed by atoms with Gasteiger partial charge in [0.2, 0.25) is 5.91 Å². The first-order valence-corrected chi connectivity index (χ1v) is 10.3. The molecule has 31 heavy (non-hydrogen) atoms. The van der Waals surface area contributed by atoms with E-state index in [9.17, 15) is 14.4 Å². The molecular formula is C24H28N2O5. The summed E-state index contributed by atoms with van der Waals surface area (Å²) in [5.74, 6) is -1.00. The Hall–Kier alpha value is -3.35. The third-order valence-electron chi connectivity index (χ3n) is 4.83. The van der Waals surface area contributed by atoms with Gasteiger partial charge in [-0.3, -0.25) is 14.4 Å². The average Bonchev–Trinajstić information content (AvgIpc) is 3.07. The van der Waals surface area contributed by atoms with Crippen LogP contribution in [0.25, 0.3) is 0 Å². The number of carbonyl (C=O) groups excluding carboxylic acids is 3. The average molecular weight is 424 g/mol. The van der Waals surface area contributed by atoms with E-state index < -0.39 is 24.4 Å². The number of aryl methyl sites for hydroxylation is 2. The predicted octanol–water partition coefficient (Wildman–Crippen LogP) is 3.63. The fourth-order valence-electron chi connectivity index (χ4n) is 3.59. The molecule has 1 saturated heterocycles. The van der Waals surface area contributed by atoms with Gasteiger partial charge in [0.15, 0.2) is 6.61 Å². The topological polar surface area (TPSA) is 84.9 Å². The Morgan fingerprint density at radius 1 is 1.10 bits per heavy atom. The maximum atomic E-state index is 12.4. The van der Waals surface area contributed by atoms with E-state index in [4.69, 9.17) is 9.47 Å². The van der Waals surface area contributed by atoms with Gasteiger partial charge < -0.3 is 19.7 Å². The first-order chi connectivity index (χ1) is 14.7. The Morgan fingerprint density at radius 2 is 1.74 bits per heavy atom. The second-order valence-corrected chi connectivity index (χ2v) is 8.10. The monoisotopic (exact) mass is 424 g/mol. The van der Waals surface area contributed by atoms with E-state index in [1.165, 1.54) is 0 Å². The molecule has 0 saturated carbocycles. The summed E-state index contributed by atoms with van der Waals surface area (Å²) in [4.78, 5) is 38.5. The third kappa shape index (κ3) is 6.07. The molecule has 1 aliphatic rings. The minimum atomic E-state index is -0.604. The maximum absolute atomic E-state index is 12.4. The maximum Gasteiger partial charge on any atom is 0.311 e. The number of carbonyl (C=O) groups is 3. The van der Waals surface area contributed by atoms with Crippen molar-refractivity contribution in [2.75, 3.05) is 23.4 Å². The molecule has 0 bridgehead atoms. The van der Waals surface area contributed by atoms with Crippen molar-refractivity contribution < 1.29 is 23.9 Å². The molecule has 0 unspecified atom stereocenters. The highest BCUT2D eigenvalue weighted by molar-refractivity contribution is 6.00. The van der Waals surface area contributed by atoms with Gasteiger partial charge in [-0.1, -0.05) is 6.07 Å². The minimum Gasteiger partial charge on any atom is -0.491 e. The molecule has 2 amide bonds. The van der Waals surface area contributed by atoms with Crippen LogP contribution in [-0.4, -0.2) is 37.0 Å². The van der Waals surface area contributed by atoms with Crippen molar-refractivity contribution >= 4 is 29.2 Å². The van der Waals surface area contributed by atoms with Crippen LogP contribution in [0.4, 0.5) is 11.4 Å². The fourth-order valence-corrected chi connectivity index (χ4v) is 3.59. The Morgan fingerprint density at radius 3 is 2.35 bits per heavy atom. The van der Waals surface area contributed by atoms with Crippen LogP contribution in [0.5, 0.6) is 5.75 Å². The van der Waals surface area contributed by atoms with Gasteiger partial charge in [0.25, 0.3) is 5.91 Å². The largest absolute Gasteiger partial charge is 0.491 e. The molecule has 7 heteroatoms. The number of nitrogens with zero attached hydrogens (tertiary/aromatic N) is 1. The summed E-state index contributed by atoms with van der Waals surface area (Å²) in [7, 11) is 0. The highest BCUT2D eigenvalue weighted by Crippen LogP contribution is 2.27. The summed E-state index contributed by atoms with van der Waals surface area (Å²) in [6, 6.07) is 12.9. The van der Waals surface area contributed by atoms with Crippen molar-refractivity contribution in [3.8, 4) is 5.75 Å². The number of hydrogen-bond acceptors (Lipinski definition) is 5. The van der Waals surface area contributed by atoms with Gasteiger partial charge in [0, 0.05) is 24.3 Å². The molecule has 164 valence electrons. The predicted molar refractivity (Wildman–Crippen MR) is 118 cm³/mol. The van der Waals surface area contributed by atoms with Gasteiger partial charge in [-0.15, -0.1) is 0 Å². The van der Waals surface area contributed by atoms with E-state index >= 15 is 0 Å². The zero-order valence-electron chi connectivity index (χ0n) is 18.3. The summed E-state index contributed by atoms with van der Waals surface area (Å²) < 4.78 is 10.8. The first-order valence-electron chi connectivity index (χ1n) is 10.3. The Balaban J connectivity index is 1.52. The number of anilines is 2. The number of benzene rings is 2. The highest BCUT2D eigenvalue weighted by atomic mass is 16.5. The smallest absolute Gasteiger partial charge is 0.311 e. The van der Waals surface area contributed by atoms with E-state index in [1.807, 2.05) is 45.9 Å². The van der Waals surface area contributed by atoms with Crippen LogP contribution < -0.4 is 15.0 Å². The van der Waals surface area contributed by atoms with Gasteiger partial charge >= 0.3 is 5.97 Å². The summed E-state index contributed by atoms with van der Waals surface area (Å²) in [6.07, 6.45) is 0.118. The van der Waals surface area contributed by atoms with Crippen LogP contribution in [0.1, 0.15) is 31.4 Å². The van der Waals surface area contributed by atoms with Crippen molar-refractivity contribution in [1.29, 1.82) is 0 Å². The van der Waals surface area contributed by atoms with Crippen LogP contribution in [0.3, 0.4) is 0 Å². The van der Waals surface area contributed by atoms with Crippen LogP contribution >= 0.6 is 0 Å². The van der Waals surface area contributed by atoms with Gasteiger partial charge in [-0.05, 0) is 75.2 Å². The fraction of sp³-hybridized carbons (Fsp3) is 0.375.